The van der Waals surface area contributed by atoms with E-state index in [1.165, 1.54) is 0 Å². The van der Waals surface area contributed by atoms with Gasteiger partial charge in [-0.05, 0) is 12.8 Å². The van der Waals surface area contributed by atoms with Crippen molar-refractivity contribution < 1.29 is 9.53 Å². The molecule has 0 aliphatic carbocycles. The van der Waals surface area contributed by atoms with Gasteiger partial charge in [0.2, 0.25) is 5.91 Å². The van der Waals surface area contributed by atoms with Gasteiger partial charge in [0, 0.05) is 26.6 Å². The Balaban J connectivity index is 2.22. The van der Waals surface area contributed by atoms with Gasteiger partial charge in [0.05, 0.1) is 17.5 Å². The van der Waals surface area contributed by atoms with Crippen LogP contribution in [0, 0.1) is 0 Å². The van der Waals surface area contributed by atoms with Gasteiger partial charge in [-0.1, -0.05) is 12.2 Å². The zero-order valence-corrected chi connectivity index (χ0v) is 9.89. The van der Waals surface area contributed by atoms with Gasteiger partial charge in [0.1, 0.15) is 0 Å². The third-order valence-electron chi connectivity index (χ3n) is 2.55. The number of ether oxygens (including phenoxy) is 1. The second kappa shape index (κ2) is 6.02. The number of carbonyl (C=O) groups excluding carboxylic acids is 1. The van der Waals surface area contributed by atoms with E-state index in [9.17, 15) is 4.79 Å². The third-order valence-corrected chi connectivity index (χ3v) is 2.75. The van der Waals surface area contributed by atoms with E-state index in [-0.39, 0.29) is 12.0 Å². The lowest BCUT2D eigenvalue weighted by molar-refractivity contribution is -0.132. The summed E-state index contributed by atoms with van der Waals surface area (Å²) in [5.41, 5.74) is 5.37. The monoisotopic (exact) mass is 230 g/mol. The molecule has 1 aliphatic heterocycles. The number of nitrogens with zero attached hydrogens (tertiary/aromatic N) is 1. The summed E-state index contributed by atoms with van der Waals surface area (Å²) in [5, 5.41) is 0. The van der Waals surface area contributed by atoms with Crippen LogP contribution in [-0.4, -0.2) is 42.1 Å². The van der Waals surface area contributed by atoms with Gasteiger partial charge < -0.3 is 15.4 Å². The van der Waals surface area contributed by atoms with Crippen LogP contribution in [0.25, 0.3) is 0 Å². The van der Waals surface area contributed by atoms with Crippen molar-refractivity contribution in [1.29, 1.82) is 0 Å². The fraction of sp³-hybridized carbons (Fsp3) is 0.800. The summed E-state index contributed by atoms with van der Waals surface area (Å²) in [5.74, 6) is 0.109. The van der Waals surface area contributed by atoms with Crippen LogP contribution in [0.15, 0.2) is 0 Å². The van der Waals surface area contributed by atoms with E-state index in [0.717, 1.165) is 19.4 Å². The quantitative estimate of drug-likeness (QED) is 0.706. The molecule has 1 rings (SSSR count). The first-order valence-corrected chi connectivity index (χ1v) is 5.64. The summed E-state index contributed by atoms with van der Waals surface area (Å²) < 4.78 is 5.40. The van der Waals surface area contributed by atoms with E-state index in [4.69, 9.17) is 22.7 Å². The average Bonchev–Trinajstić information content (AvgIpc) is 2.66. The minimum atomic E-state index is 0.109. The van der Waals surface area contributed by atoms with E-state index < -0.39 is 0 Å². The fourth-order valence-electron chi connectivity index (χ4n) is 1.56. The predicted molar refractivity (Wildman–Crippen MR) is 62.6 cm³/mol. The van der Waals surface area contributed by atoms with Crippen molar-refractivity contribution in [2.24, 2.45) is 5.73 Å². The molecule has 0 aromatic heterocycles. The molecule has 1 heterocycles. The molecule has 0 bridgehead atoms. The lowest BCUT2D eigenvalue weighted by Gasteiger charge is -2.18. The van der Waals surface area contributed by atoms with E-state index >= 15 is 0 Å². The molecular weight excluding hydrogens is 212 g/mol. The molecule has 0 saturated carbocycles. The highest BCUT2D eigenvalue weighted by atomic mass is 32.1. The largest absolute Gasteiger partial charge is 0.393 e. The zero-order valence-electron chi connectivity index (χ0n) is 9.07. The van der Waals surface area contributed by atoms with Crippen LogP contribution >= 0.6 is 12.2 Å². The smallest absolute Gasteiger partial charge is 0.224 e. The SMILES string of the molecule is CN(CCC(N)=S)C(=O)CC1CCCO1. The third kappa shape index (κ3) is 4.57. The Morgan fingerprint density at radius 2 is 2.40 bits per heavy atom. The average molecular weight is 230 g/mol. The molecule has 1 amide bonds. The Hall–Kier alpha value is -0.680. The molecular formula is C10H18N2O2S. The first-order chi connectivity index (χ1) is 7.09. The maximum Gasteiger partial charge on any atom is 0.224 e. The van der Waals surface area contributed by atoms with E-state index in [1.807, 2.05) is 0 Å². The molecule has 0 aromatic rings. The van der Waals surface area contributed by atoms with Crippen LogP contribution in [0.1, 0.15) is 25.7 Å². The summed E-state index contributed by atoms with van der Waals surface area (Å²) >= 11 is 4.76. The normalized spacial score (nSPS) is 20.2. The van der Waals surface area contributed by atoms with Crippen LogP contribution < -0.4 is 5.73 Å². The minimum absolute atomic E-state index is 0.109. The minimum Gasteiger partial charge on any atom is -0.393 e. The fourth-order valence-corrected chi connectivity index (χ4v) is 1.65. The Morgan fingerprint density at radius 3 is 2.93 bits per heavy atom. The molecule has 1 saturated heterocycles. The van der Waals surface area contributed by atoms with Gasteiger partial charge in [-0.25, -0.2) is 0 Å². The summed E-state index contributed by atoms with van der Waals surface area (Å²) in [6.45, 7) is 1.38. The Labute approximate surface area is 95.8 Å². The van der Waals surface area contributed by atoms with Crippen molar-refractivity contribution in [3.63, 3.8) is 0 Å². The van der Waals surface area contributed by atoms with Crippen molar-refractivity contribution in [3.8, 4) is 0 Å². The van der Waals surface area contributed by atoms with E-state index in [0.29, 0.717) is 24.4 Å². The standard InChI is InChI=1S/C10H18N2O2S/c1-12(5-4-9(11)15)10(13)7-8-3-2-6-14-8/h8H,2-7H2,1H3,(H2,11,15). The van der Waals surface area contributed by atoms with Crippen molar-refractivity contribution in [2.45, 2.75) is 31.8 Å². The van der Waals surface area contributed by atoms with Gasteiger partial charge in [0.15, 0.2) is 0 Å². The molecule has 0 radical (unpaired) electrons. The lowest BCUT2D eigenvalue weighted by atomic mass is 10.1. The van der Waals surface area contributed by atoms with Gasteiger partial charge >= 0.3 is 0 Å². The number of rotatable bonds is 5. The van der Waals surface area contributed by atoms with Gasteiger partial charge in [-0.15, -0.1) is 0 Å². The Bertz CT molecular complexity index is 240. The topological polar surface area (TPSA) is 55.6 Å². The first-order valence-electron chi connectivity index (χ1n) is 5.23. The van der Waals surface area contributed by atoms with Crippen molar-refractivity contribution in [1.82, 2.24) is 4.90 Å². The number of thiocarbonyl (C=S) groups is 1. The summed E-state index contributed by atoms with van der Waals surface area (Å²) in [6, 6.07) is 0. The maximum atomic E-state index is 11.7. The van der Waals surface area contributed by atoms with Crippen molar-refractivity contribution in [3.05, 3.63) is 0 Å². The highest BCUT2D eigenvalue weighted by Gasteiger charge is 2.20. The Morgan fingerprint density at radius 1 is 1.67 bits per heavy atom. The highest BCUT2D eigenvalue weighted by molar-refractivity contribution is 7.80. The summed E-state index contributed by atoms with van der Waals surface area (Å²) in [6.07, 6.45) is 3.24. The predicted octanol–water partition coefficient (Wildman–Crippen LogP) is 0.690. The Kier molecular flexibility index (Phi) is 4.98. The molecule has 1 atom stereocenters. The molecule has 1 fully saturated rings. The van der Waals surface area contributed by atoms with Crippen LogP contribution in [-0.2, 0) is 9.53 Å². The first kappa shape index (κ1) is 12.4. The number of nitrogens with two attached hydrogens (primary N) is 1. The van der Waals surface area contributed by atoms with Crippen LogP contribution in [0.2, 0.25) is 0 Å². The molecule has 1 aliphatic rings. The van der Waals surface area contributed by atoms with E-state index in [2.05, 4.69) is 0 Å². The van der Waals surface area contributed by atoms with Crippen LogP contribution in [0.4, 0.5) is 0 Å². The number of carbonyl (C=O) groups is 1. The van der Waals surface area contributed by atoms with Crippen molar-refractivity contribution >= 4 is 23.1 Å². The summed E-state index contributed by atoms with van der Waals surface area (Å²) in [7, 11) is 1.77. The van der Waals surface area contributed by atoms with Crippen molar-refractivity contribution in [2.75, 3.05) is 20.2 Å². The van der Waals surface area contributed by atoms with Gasteiger partial charge in [-0.2, -0.15) is 0 Å². The number of hydrogen-bond donors (Lipinski definition) is 1. The second-order valence-electron chi connectivity index (χ2n) is 3.87. The number of hydrogen-bond acceptors (Lipinski definition) is 3. The lowest BCUT2D eigenvalue weighted by Crippen LogP contribution is -2.32. The summed E-state index contributed by atoms with van der Waals surface area (Å²) in [4.78, 5) is 13.8. The zero-order chi connectivity index (χ0) is 11.3. The molecule has 86 valence electrons. The second-order valence-corrected chi connectivity index (χ2v) is 4.40. The van der Waals surface area contributed by atoms with Crippen LogP contribution in [0.5, 0.6) is 0 Å². The maximum absolute atomic E-state index is 11.7. The molecule has 15 heavy (non-hydrogen) atoms. The van der Waals surface area contributed by atoms with Crippen LogP contribution in [0.3, 0.4) is 0 Å². The molecule has 1 unspecified atom stereocenters. The highest BCUT2D eigenvalue weighted by Crippen LogP contribution is 2.16. The molecule has 5 heteroatoms. The molecule has 0 spiro atoms. The molecule has 2 N–H and O–H groups in total. The molecule has 0 aromatic carbocycles. The van der Waals surface area contributed by atoms with Gasteiger partial charge in [-0.3, -0.25) is 4.79 Å². The van der Waals surface area contributed by atoms with E-state index in [1.54, 1.807) is 11.9 Å². The number of amides is 1. The molecule has 4 nitrogen and oxygen atoms in total. The van der Waals surface area contributed by atoms with Gasteiger partial charge in [0.25, 0.3) is 0 Å².